The fourth-order valence-corrected chi connectivity index (χ4v) is 9.33. The number of fused-ring (bicyclic) bond motifs is 7. The molecule has 0 saturated carbocycles. The molecule has 0 bridgehead atoms. The minimum Gasteiger partial charge on any atom is -0.455 e. The highest BCUT2D eigenvalue weighted by molar-refractivity contribution is 6.19. The van der Waals surface area contributed by atoms with E-state index < -0.39 is 0 Å². The van der Waals surface area contributed by atoms with Crippen molar-refractivity contribution in [2.24, 2.45) is 0 Å². The van der Waals surface area contributed by atoms with E-state index in [1.807, 2.05) is 0 Å². The molecule has 0 atom stereocenters. The van der Waals surface area contributed by atoms with Crippen molar-refractivity contribution in [1.82, 2.24) is 0 Å². The van der Waals surface area contributed by atoms with Gasteiger partial charge in [-0.2, -0.15) is 0 Å². The van der Waals surface area contributed by atoms with Crippen LogP contribution in [0.2, 0.25) is 0 Å². The van der Waals surface area contributed by atoms with Gasteiger partial charge >= 0.3 is 0 Å². The first-order valence-corrected chi connectivity index (χ1v) is 21.2. The van der Waals surface area contributed by atoms with Gasteiger partial charge in [-0.1, -0.05) is 182 Å². The lowest BCUT2D eigenvalue weighted by Crippen LogP contribution is -2.09. The van der Waals surface area contributed by atoms with Crippen molar-refractivity contribution in [1.29, 1.82) is 0 Å². The molecule has 0 radical (unpaired) electrons. The molecule has 0 aliphatic heterocycles. The molecular formula is C60H39NO. The molecule has 0 N–H and O–H groups in total. The fourth-order valence-electron chi connectivity index (χ4n) is 9.33. The largest absolute Gasteiger partial charge is 0.455 e. The van der Waals surface area contributed by atoms with Crippen LogP contribution in [0.5, 0.6) is 0 Å². The Hall–Kier alpha value is -8.20. The first-order valence-electron chi connectivity index (χ1n) is 21.2. The molecule has 2 heteroatoms. The van der Waals surface area contributed by atoms with E-state index in [-0.39, 0.29) is 0 Å². The van der Waals surface area contributed by atoms with Gasteiger partial charge in [0, 0.05) is 33.2 Å². The summed E-state index contributed by atoms with van der Waals surface area (Å²) in [5.74, 6) is 0. The summed E-state index contributed by atoms with van der Waals surface area (Å²) in [5.41, 5.74) is 14.6. The van der Waals surface area contributed by atoms with E-state index in [0.717, 1.165) is 55.5 Å². The van der Waals surface area contributed by atoms with E-state index in [2.05, 4.69) is 241 Å². The number of hydrogen-bond donors (Lipinski definition) is 0. The van der Waals surface area contributed by atoms with Crippen LogP contribution in [-0.4, -0.2) is 0 Å². The van der Waals surface area contributed by atoms with Crippen LogP contribution in [0.4, 0.5) is 17.1 Å². The van der Waals surface area contributed by atoms with Gasteiger partial charge in [-0.15, -0.1) is 0 Å². The van der Waals surface area contributed by atoms with Crippen LogP contribution in [0.1, 0.15) is 0 Å². The highest BCUT2D eigenvalue weighted by atomic mass is 16.3. The second-order valence-electron chi connectivity index (χ2n) is 16.1. The summed E-state index contributed by atoms with van der Waals surface area (Å²) in [4.78, 5) is 2.35. The molecule has 0 saturated heterocycles. The quantitative estimate of drug-likeness (QED) is 0.160. The molecule has 1 heterocycles. The zero-order chi connectivity index (χ0) is 41.0. The van der Waals surface area contributed by atoms with Crippen molar-refractivity contribution in [2.75, 3.05) is 4.90 Å². The van der Waals surface area contributed by atoms with E-state index in [1.165, 1.54) is 60.3 Å². The third-order valence-corrected chi connectivity index (χ3v) is 12.5. The molecule has 0 fully saturated rings. The van der Waals surface area contributed by atoms with Gasteiger partial charge in [0.1, 0.15) is 11.2 Å². The Morgan fingerprint density at radius 1 is 0.274 bits per heavy atom. The average Bonchev–Trinajstić information content (AvgIpc) is 3.74. The molecule has 0 spiro atoms. The van der Waals surface area contributed by atoms with E-state index in [4.69, 9.17) is 4.42 Å². The van der Waals surface area contributed by atoms with Crippen LogP contribution in [0, 0.1) is 0 Å². The molecule has 62 heavy (non-hydrogen) atoms. The summed E-state index contributed by atoms with van der Waals surface area (Å²) in [6, 6.07) is 85.4. The normalized spacial score (nSPS) is 11.5. The van der Waals surface area contributed by atoms with Crippen molar-refractivity contribution in [3.8, 4) is 44.5 Å². The number of benzene rings is 11. The van der Waals surface area contributed by atoms with Gasteiger partial charge in [0.15, 0.2) is 0 Å². The van der Waals surface area contributed by atoms with Gasteiger partial charge < -0.3 is 9.32 Å². The smallest absolute Gasteiger partial charge is 0.143 e. The Labute approximate surface area is 360 Å². The molecule has 0 aliphatic carbocycles. The zero-order valence-electron chi connectivity index (χ0n) is 33.9. The highest BCUT2D eigenvalue weighted by Crippen LogP contribution is 2.42. The molecule has 2 nitrogen and oxygen atoms in total. The van der Waals surface area contributed by atoms with E-state index in [0.29, 0.717) is 0 Å². The molecule has 0 amide bonds. The van der Waals surface area contributed by atoms with Gasteiger partial charge in [0.2, 0.25) is 0 Å². The lowest BCUT2D eigenvalue weighted by molar-refractivity contribution is 0.673. The Balaban J connectivity index is 0.911. The monoisotopic (exact) mass is 789 g/mol. The number of rotatable bonds is 7. The molecular weight excluding hydrogens is 751 g/mol. The predicted molar refractivity (Wildman–Crippen MR) is 263 cm³/mol. The second kappa shape index (κ2) is 14.8. The SMILES string of the molecule is c1ccc2cc(-c3ccc(-c4ccc(N(c5ccc(-c6cccc7ccccc67)cc5)c5ccc(-c6cccc7oc8c9ccccc9ccc8c67)cc5)cc4)cc3)ccc2c1. The maximum Gasteiger partial charge on any atom is 0.143 e. The van der Waals surface area contributed by atoms with Crippen molar-refractivity contribution in [2.45, 2.75) is 0 Å². The predicted octanol–water partition coefficient (Wildman–Crippen LogP) is 17.2. The molecule has 290 valence electrons. The van der Waals surface area contributed by atoms with Crippen molar-refractivity contribution < 1.29 is 4.42 Å². The van der Waals surface area contributed by atoms with Crippen molar-refractivity contribution >= 4 is 71.3 Å². The molecule has 1 aromatic heterocycles. The van der Waals surface area contributed by atoms with Gasteiger partial charge in [-0.05, 0) is 126 Å². The minimum absolute atomic E-state index is 0.897. The Kier molecular flexibility index (Phi) is 8.53. The van der Waals surface area contributed by atoms with Crippen molar-refractivity contribution in [3.63, 3.8) is 0 Å². The van der Waals surface area contributed by atoms with E-state index >= 15 is 0 Å². The molecule has 12 aromatic rings. The van der Waals surface area contributed by atoms with Crippen LogP contribution >= 0.6 is 0 Å². The van der Waals surface area contributed by atoms with Gasteiger partial charge in [-0.25, -0.2) is 0 Å². The van der Waals surface area contributed by atoms with Crippen LogP contribution in [0.3, 0.4) is 0 Å². The molecule has 11 aromatic carbocycles. The number of hydrogen-bond acceptors (Lipinski definition) is 2. The number of furan rings is 1. The van der Waals surface area contributed by atoms with Gasteiger partial charge in [-0.3, -0.25) is 0 Å². The maximum absolute atomic E-state index is 6.54. The lowest BCUT2D eigenvalue weighted by atomic mass is 9.97. The third kappa shape index (κ3) is 6.20. The molecule has 0 unspecified atom stereocenters. The number of anilines is 3. The maximum atomic E-state index is 6.54. The van der Waals surface area contributed by atoms with Gasteiger partial charge in [0.05, 0.1) is 0 Å². The van der Waals surface area contributed by atoms with Crippen molar-refractivity contribution in [3.05, 3.63) is 237 Å². The zero-order valence-corrected chi connectivity index (χ0v) is 33.9. The Morgan fingerprint density at radius 2 is 0.726 bits per heavy atom. The third-order valence-electron chi connectivity index (χ3n) is 12.5. The first-order chi connectivity index (χ1) is 30.7. The van der Waals surface area contributed by atoms with E-state index in [1.54, 1.807) is 0 Å². The first kappa shape index (κ1) is 35.7. The summed E-state index contributed by atoms with van der Waals surface area (Å²) < 4.78 is 6.54. The highest BCUT2D eigenvalue weighted by Gasteiger charge is 2.17. The van der Waals surface area contributed by atoms with Crippen LogP contribution in [0.25, 0.3) is 98.8 Å². The topological polar surface area (TPSA) is 16.4 Å². The van der Waals surface area contributed by atoms with Crippen LogP contribution < -0.4 is 4.90 Å². The molecule has 12 rings (SSSR count). The summed E-state index contributed by atoms with van der Waals surface area (Å²) in [7, 11) is 0. The van der Waals surface area contributed by atoms with E-state index in [9.17, 15) is 0 Å². The average molecular weight is 790 g/mol. The summed E-state index contributed by atoms with van der Waals surface area (Å²) >= 11 is 0. The summed E-state index contributed by atoms with van der Waals surface area (Å²) in [6.07, 6.45) is 0. The Morgan fingerprint density at radius 3 is 1.40 bits per heavy atom. The lowest BCUT2D eigenvalue weighted by Gasteiger charge is -2.26. The number of nitrogens with zero attached hydrogens (tertiary/aromatic N) is 1. The van der Waals surface area contributed by atoms with Gasteiger partial charge in [0.25, 0.3) is 0 Å². The summed E-state index contributed by atoms with van der Waals surface area (Å²) in [6.45, 7) is 0. The Bertz CT molecular complexity index is 3590. The summed E-state index contributed by atoms with van der Waals surface area (Å²) in [5, 5.41) is 9.60. The fraction of sp³-hybridized carbons (Fsp3) is 0. The molecule has 0 aliphatic rings. The minimum atomic E-state index is 0.897. The van der Waals surface area contributed by atoms with Crippen LogP contribution in [-0.2, 0) is 0 Å². The standard InChI is InChI=1S/C60H39NO/c1-2-12-48-39-49(24-23-40(48)9-1)43-21-19-41(20-22-43)42-25-32-50(33-26-42)61(51-34-27-46(28-35-51)54-16-7-13-44-10-3-5-14-53(44)54)52-36-29-47(30-37-52)55-17-8-18-58-59(55)57-38-31-45-11-4-6-15-56(45)60(57)62-58/h1-39H. The second-order valence-corrected chi connectivity index (χ2v) is 16.1. The van der Waals surface area contributed by atoms with Crippen LogP contribution in [0.15, 0.2) is 241 Å².